The van der Waals surface area contributed by atoms with Crippen LogP contribution in [0.15, 0.2) is 36.7 Å². The molecule has 3 aromatic rings. The van der Waals surface area contributed by atoms with Gasteiger partial charge in [-0.3, -0.25) is 0 Å². The van der Waals surface area contributed by atoms with E-state index in [9.17, 15) is 24.9 Å². The van der Waals surface area contributed by atoms with E-state index in [1.54, 1.807) is 41.5 Å². The van der Waals surface area contributed by atoms with Gasteiger partial charge in [-0.2, -0.15) is 9.97 Å². The number of aromatic nitrogens is 4. The quantitative estimate of drug-likeness (QED) is 0.284. The highest BCUT2D eigenvalue weighted by Crippen LogP contribution is 2.37. The van der Waals surface area contributed by atoms with E-state index >= 15 is 0 Å². The monoisotopic (exact) mass is 618 g/mol. The molecule has 13 nitrogen and oxygen atoms in total. The van der Waals surface area contributed by atoms with Crippen LogP contribution in [0.3, 0.4) is 0 Å². The van der Waals surface area contributed by atoms with Gasteiger partial charge in [-0.25, -0.2) is 19.5 Å². The third-order valence-corrected chi connectivity index (χ3v) is 6.94. The summed E-state index contributed by atoms with van der Waals surface area (Å²) >= 11 is 6.29. The number of carbonyl (C=O) groups is 2. The topological polar surface area (TPSA) is 172 Å². The van der Waals surface area contributed by atoms with Gasteiger partial charge < -0.3 is 34.7 Å². The van der Waals surface area contributed by atoms with Crippen LogP contribution < -0.4 is 5.32 Å². The van der Waals surface area contributed by atoms with Crippen molar-refractivity contribution in [1.82, 2.24) is 24.4 Å². The van der Waals surface area contributed by atoms with E-state index in [0.29, 0.717) is 16.8 Å². The number of ether oxygens (including phenoxy) is 2. The molecule has 1 fully saturated rings. The molecule has 14 heteroatoms. The Labute approximate surface area is 254 Å². The Morgan fingerprint density at radius 3 is 2.21 bits per heavy atom. The average molecular weight is 619 g/mol. The molecular formula is C29H39ClN6O7. The Bertz CT molecular complexity index is 1410. The number of benzene rings is 1. The predicted octanol–water partition coefficient (Wildman–Crippen LogP) is 3.70. The number of hydrogen-bond donors (Lipinski definition) is 4. The first-order valence-electron chi connectivity index (χ1n) is 14.0. The van der Waals surface area contributed by atoms with Gasteiger partial charge in [0.15, 0.2) is 17.0 Å². The highest BCUT2D eigenvalue weighted by molar-refractivity contribution is 6.28. The van der Waals surface area contributed by atoms with Crippen molar-refractivity contribution < 1.29 is 34.4 Å². The van der Waals surface area contributed by atoms with Gasteiger partial charge in [0.1, 0.15) is 23.4 Å². The lowest BCUT2D eigenvalue weighted by atomic mass is 10.1. The molecule has 0 radical (unpaired) electrons. The Morgan fingerprint density at radius 1 is 1.05 bits per heavy atom. The first-order chi connectivity index (χ1) is 20.1. The molecule has 1 aromatic carbocycles. The second kappa shape index (κ2) is 12.6. The van der Waals surface area contributed by atoms with Crippen LogP contribution in [0.1, 0.15) is 59.6 Å². The van der Waals surface area contributed by atoms with Gasteiger partial charge in [0, 0.05) is 0 Å². The fraction of sp³-hybridized carbons (Fsp3) is 0.552. The number of hydrogen-bond acceptors (Lipinski definition) is 11. The molecule has 0 saturated heterocycles. The fourth-order valence-electron chi connectivity index (χ4n) is 4.97. The van der Waals surface area contributed by atoms with Crippen molar-refractivity contribution in [3.05, 3.63) is 47.5 Å². The van der Waals surface area contributed by atoms with Gasteiger partial charge >= 0.3 is 12.2 Å². The number of carbonyl (C=O) groups excluding carboxylic acids is 2. The molecule has 2 aromatic heterocycles. The first kappa shape index (κ1) is 32.4. The summed E-state index contributed by atoms with van der Waals surface area (Å²) in [5, 5.41) is 35.4. The van der Waals surface area contributed by atoms with Crippen molar-refractivity contribution in [2.45, 2.75) is 95.9 Å². The summed E-state index contributed by atoms with van der Waals surface area (Å²) in [4.78, 5) is 40.2. The van der Waals surface area contributed by atoms with Crippen molar-refractivity contribution >= 4 is 40.8 Å². The van der Waals surface area contributed by atoms with Crippen molar-refractivity contribution in [3.63, 3.8) is 0 Å². The smallest absolute Gasteiger partial charge is 0.420 e. The molecule has 1 saturated carbocycles. The lowest BCUT2D eigenvalue weighted by Crippen LogP contribution is -2.52. The van der Waals surface area contributed by atoms with E-state index in [1.165, 1.54) is 10.9 Å². The fourth-order valence-corrected chi connectivity index (χ4v) is 5.14. The molecule has 0 aliphatic heterocycles. The minimum absolute atomic E-state index is 0.0655. The van der Waals surface area contributed by atoms with E-state index in [1.807, 2.05) is 30.3 Å². The third-order valence-electron chi connectivity index (χ3n) is 6.77. The molecule has 0 unspecified atom stereocenters. The molecule has 4 rings (SSSR count). The van der Waals surface area contributed by atoms with Crippen molar-refractivity contribution in [3.8, 4) is 0 Å². The van der Waals surface area contributed by atoms with Gasteiger partial charge in [0.25, 0.3) is 0 Å². The Balaban J connectivity index is 1.65. The Hall–Kier alpha value is -3.52. The lowest BCUT2D eigenvalue weighted by Gasteiger charge is -2.33. The average Bonchev–Trinajstić information content (AvgIpc) is 3.43. The number of anilines is 1. The molecule has 2 heterocycles. The number of rotatable bonds is 7. The van der Waals surface area contributed by atoms with E-state index in [2.05, 4.69) is 20.3 Å². The van der Waals surface area contributed by atoms with Crippen LogP contribution in [0.4, 0.5) is 15.4 Å². The van der Waals surface area contributed by atoms with Crippen LogP contribution in [0, 0.1) is 0 Å². The third kappa shape index (κ3) is 7.71. The van der Waals surface area contributed by atoms with Gasteiger partial charge in [0.05, 0.1) is 31.1 Å². The van der Waals surface area contributed by atoms with Crippen LogP contribution in [0.25, 0.3) is 11.2 Å². The molecule has 0 spiro atoms. The van der Waals surface area contributed by atoms with Crippen molar-refractivity contribution in [2.75, 3.05) is 11.9 Å². The second-order valence-electron chi connectivity index (χ2n) is 12.6. The first-order valence-corrected chi connectivity index (χ1v) is 14.4. The van der Waals surface area contributed by atoms with Crippen molar-refractivity contribution in [1.29, 1.82) is 0 Å². The largest absolute Gasteiger partial charge is 0.443 e. The molecular weight excluding hydrogens is 580 g/mol. The molecule has 1 aliphatic carbocycles. The number of imidazole rings is 1. The van der Waals surface area contributed by atoms with Crippen LogP contribution in [0.2, 0.25) is 5.28 Å². The number of fused-ring (bicyclic) bond motifs is 1. The number of aliphatic hydroxyl groups is 3. The van der Waals surface area contributed by atoms with Gasteiger partial charge in [-0.15, -0.1) is 0 Å². The summed E-state index contributed by atoms with van der Waals surface area (Å²) in [5.74, 6) is 0.275. The standard InChI is InChI=1S/C29H39ClN6O7/c1-28(2,3)42-26(40)36(27(41)43-29(4,5)6)19-13-18(21(38)22(19)39)35-15-31-20-23(33-25(30)34-24(20)35)32-17(14-37)12-16-10-8-7-9-11-16/h7-11,15,17-19,21-22,37-39H,12-14H2,1-6H3,(H,32,33,34)/t17-,18+,19-,21-,22+/m0/s1. The molecule has 1 aliphatic rings. The zero-order valence-corrected chi connectivity index (χ0v) is 25.8. The molecule has 234 valence electrons. The molecule has 4 N–H and O–H groups in total. The maximum absolute atomic E-state index is 13.2. The minimum atomic E-state index is -1.54. The van der Waals surface area contributed by atoms with E-state index in [4.69, 9.17) is 21.1 Å². The van der Waals surface area contributed by atoms with E-state index < -0.39 is 53.7 Å². The van der Waals surface area contributed by atoms with Gasteiger partial charge in [-0.05, 0) is 71.5 Å². The van der Waals surface area contributed by atoms with Crippen LogP contribution >= 0.6 is 11.6 Å². The zero-order valence-electron chi connectivity index (χ0n) is 25.1. The van der Waals surface area contributed by atoms with E-state index in [0.717, 1.165) is 5.56 Å². The van der Waals surface area contributed by atoms with Gasteiger partial charge in [-0.1, -0.05) is 30.3 Å². The SMILES string of the molecule is CC(C)(C)OC(=O)N(C(=O)OC(C)(C)C)[C@H]1C[C@@H](n2cnc3c(N[C@H](CO)Cc4ccccc4)nc(Cl)nc32)[C@H](O)[C@@H]1O. The highest BCUT2D eigenvalue weighted by atomic mass is 35.5. The normalized spacial score (nSPS) is 21.4. The minimum Gasteiger partial charge on any atom is -0.443 e. The summed E-state index contributed by atoms with van der Waals surface area (Å²) in [5.41, 5.74) is -0.314. The number of nitrogens with one attached hydrogen (secondary N) is 1. The molecule has 43 heavy (non-hydrogen) atoms. The summed E-state index contributed by atoms with van der Waals surface area (Å²) in [6.07, 6.45) is -3.14. The van der Waals surface area contributed by atoms with Crippen LogP contribution in [-0.2, 0) is 15.9 Å². The lowest BCUT2D eigenvalue weighted by molar-refractivity contribution is -0.0349. The van der Waals surface area contributed by atoms with Gasteiger partial charge in [0.2, 0.25) is 5.28 Å². The summed E-state index contributed by atoms with van der Waals surface area (Å²) in [6.45, 7) is 9.69. The maximum atomic E-state index is 13.2. The summed E-state index contributed by atoms with van der Waals surface area (Å²) in [6, 6.07) is 7.14. The Morgan fingerprint density at radius 2 is 1.65 bits per heavy atom. The maximum Gasteiger partial charge on any atom is 0.420 e. The van der Waals surface area contributed by atoms with E-state index in [-0.39, 0.29) is 29.8 Å². The molecule has 2 amide bonds. The number of imide groups is 1. The highest BCUT2D eigenvalue weighted by Gasteiger charge is 2.50. The number of nitrogens with zero attached hydrogens (tertiary/aromatic N) is 5. The zero-order chi connectivity index (χ0) is 31.7. The van der Waals surface area contributed by atoms with Crippen molar-refractivity contribution in [2.24, 2.45) is 0 Å². The number of amides is 2. The van der Waals surface area contributed by atoms with Crippen LogP contribution in [0.5, 0.6) is 0 Å². The summed E-state index contributed by atoms with van der Waals surface area (Å²) in [7, 11) is 0. The second-order valence-corrected chi connectivity index (χ2v) is 12.9. The number of halogens is 1. The predicted molar refractivity (Wildman–Crippen MR) is 159 cm³/mol. The Kier molecular flexibility index (Phi) is 9.50. The molecule has 5 atom stereocenters. The molecule has 0 bridgehead atoms. The number of aliphatic hydroxyl groups excluding tert-OH is 3. The van der Waals surface area contributed by atoms with Crippen LogP contribution in [-0.4, -0.2) is 94.0 Å². The summed E-state index contributed by atoms with van der Waals surface area (Å²) < 4.78 is 12.4.